The molecule has 19 heavy (non-hydrogen) atoms. The molecule has 98 valence electrons. The summed E-state index contributed by atoms with van der Waals surface area (Å²) in [4.78, 5) is 2.59. The monoisotopic (exact) mass is 251 g/mol. The number of rotatable bonds is 2. The van der Waals surface area contributed by atoms with Crippen LogP contribution in [-0.2, 0) is 0 Å². The van der Waals surface area contributed by atoms with Gasteiger partial charge in [0.25, 0.3) is 0 Å². The van der Waals surface area contributed by atoms with E-state index in [2.05, 4.69) is 86.3 Å². The Morgan fingerprint density at radius 1 is 0.684 bits per heavy atom. The van der Waals surface area contributed by atoms with Crippen LogP contribution in [0.2, 0.25) is 0 Å². The smallest absolute Gasteiger partial charge is 0.0557 e. The lowest BCUT2D eigenvalue weighted by Gasteiger charge is -2.22. The average Bonchev–Trinajstić information content (AvgIpc) is 3.16. The van der Waals surface area contributed by atoms with Crippen LogP contribution in [0.3, 0.4) is 0 Å². The van der Waals surface area contributed by atoms with Crippen LogP contribution in [0.15, 0.2) is 60.7 Å². The van der Waals surface area contributed by atoms with E-state index in [0.29, 0.717) is 12.1 Å². The van der Waals surface area contributed by atoms with Crippen molar-refractivity contribution >= 4 is 0 Å². The first kappa shape index (κ1) is 12.4. The molecular formula is C18H21N. The molecule has 0 aromatic heterocycles. The molecule has 0 spiro atoms. The highest BCUT2D eigenvalue weighted by Crippen LogP contribution is 2.58. The van der Waals surface area contributed by atoms with Gasteiger partial charge in [-0.15, -0.1) is 0 Å². The summed E-state index contributed by atoms with van der Waals surface area (Å²) in [5, 5.41) is 0. The van der Waals surface area contributed by atoms with Crippen molar-refractivity contribution in [3.63, 3.8) is 0 Å². The zero-order chi connectivity index (χ0) is 13.5. The molecule has 0 amide bonds. The summed E-state index contributed by atoms with van der Waals surface area (Å²) < 4.78 is 0. The maximum atomic E-state index is 2.59. The lowest BCUT2D eigenvalue weighted by Crippen LogP contribution is -2.26. The molecule has 1 fully saturated rings. The summed E-state index contributed by atoms with van der Waals surface area (Å²) in [7, 11) is 0. The van der Waals surface area contributed by atoms with Gasteiger partial charge in [-0.05, 0) is 31.9 Å². The molecule has 2 aromatic carbocycles. The molecule has 1 heteroatoms. The molecule has 2 aromatic rings. The third-order valence-corrected chi connectivity index (χ3v) is 3.87. The zero-order valence-corrected chi connectivity index (χ0v) is 11.9. The Bertz CT molecular complexity index is 493. The van der Waals surface area contributed by atoms with E-state index < -0.39 is 0 Å². The largest absolute Gasteiger partial charge is 0.281 e. The Kier molecular flexibility index (Phi) is 2.94. The molecule has 1 aliphatic rings. The molecule has 0 N–H and O–H groups in total. The van der Waals surface area contributed by atoms with Crippen LogP contribution >= 0.6 is 0 Å². The van der Waals surface area contributed by atoms with Crippen molar-refractivity contribution in [2.24, 2.45) is 0 Å². The van der Waals surface area contributed by atoms with Crippen LogP contribution in [0.25, 0.3) is 0 Å². The van der Waals surface area contributed by atoms with Crippen LogP contribution in [0.5, 0.6) is 0 Å². The minimum Gasteiger partial charge on any atom is -0.281 e. The molecule has 2 atom stereocenters. The molecule has 0 aliphatic carbocycles. The molecule has 1 heterocycles. The fraction of sp³-hybridized carbons (Fsp3) is 0.333. The summed E-state index contributed by atoms with van der Waals surface area (Å²) in [6.07, 6.45) is 0. The van der Waals surface area contributed by atoms with Crippen LogP contribution in [0.1, 0.15) is 44.0 Å². The quantitative estimate of drug-likeness (QED) is 0.706. The van der Waals surface area contributed by atoms with Gasteiger partial charge in [0.15, 0.2) is 0 Å². The van der Waals surface area contributed by atoms with Gasteiger partial charge in [-0.1, -0.05) is 60.7 Å². The highest BCUT2D eigenvalue weighted by molar-refractivity contribution is 5.35. The predicted molar refractivity (Wildman–Crippen MR) is 80.0 cm³/mol. The van der Waals surface area contributed by atoms with E-state index in [9.17, 15) is 0 Å². The van der Waals surface area contributed by atoms with Crippen LogP contribution in [0.4, 0.5) is 0 Å². The second kappa shape index (κ2) is 4.50. The average molecular weight is 251 g/mol. The SMILES string of the molecule is CC(C)(C)N1C(c2ccccc2)C1c1ccccc1. The van der Waals surface area contributed by atoms with Crippen LogP contribution in [0, 0.1) is 0 Å². The standard InChI is InChI=1S/C18H21N/c1-18(2,3)19-16(14-10-6-4-7-11-14)17(19)15-12-8-5-9-13-15/h4-13,16-17H,1-3H3. The van der Waals surface area contributed by atoms with Gasteiger partial charge in [-0.25, -0.2) is 0 Å². The second-order valence-electron chi connectivity index (χ2n) is 6.29. The Labute approximate surface area is 115 Å². The molecule has 1 aliphatic heterocycles. The molecule has 1 saturated heterocycles. The molecule has 0 saturated carbocycles. The van der Waals surface area contributed by atoms with E-state index in [-0.39, 0.29) is 5.54 Å². The van der Waals surface area contributed by atoms with Gasteiger partial charge in [-0.3, -0.25) is 4.90 Å². The Balaban J connectivity index is 1.95. The molecule has 0 bridgehead atoms. The molecule has 2 unspecified atom stereocenters. The van der Waals surface area contributed by atoms with Crippen molar-refractivity contribution in [3.8, 4) is 0 Å². The summed E-state index contributed by atoms with van der Waals surface area (Å²) in [5.41, 5.74) is 3.04. The fourth-order valence-corrected chi connectivity index (χ4v) is 3.05. The van der Waals surface area contributed by atoms with Crippen molar-refractivity contribution in [1.29, 1.82) is 0 Å². The van der Waals surface area contributed by atoms with Crippen molar-refractivity contribution in [3.05, 3.63) is 71.8 Å². The van der Waals surface area contributed by atoms with E-state index in [0.717, 1.165) is 0 Å². The molecular weight excluding hydrogens is 230 g/mol. The number of nitrogens with zero attached hydrogens (tertiary/aromatic N) is 1. The first-order valence-electron chi connectivity index (χ1n) is 6.97. The van der Waals surface area contributed by atoms with Crippen LogP contribution < -0.4 is 0 Å². The van der Waals surface area contributed by atoms with Gasteiger partial charge >= 0.3 is 0 Å². The third kappa shape index (κ3) is 2.31. The fourth-order valence-electron chi connectivity index (χ4n) is 3.05. The summed E-state index contributed by atoms with van der Waals surface area (Å²) in [6, 6.07) is 22.7. The second-order valence-corrected chi connectivity index (χ2v) is 6.29. The lowest BCUT2D eigenvalue weighted by molar-refractivity contribution is 0.270. The van der Waals surface area contributed by atoms with E-state index in [4.69, 9.17) is 0 Å². The highest BCUT2D eigenvalue weighted by atomic mass is 15.4. The maximum Gasteiger partial charge on any atom is 0.0557 e. The van der Waals surface area contributed by atoms with E-state index in [1.54, 1.807) is 0 Å². The molecule has 1 nitrogen and oxygen atoms in total. The van der Waals surface area contributed by atoms with Gasteiger partial charge in [0, 0.05) is 5.54 Å². The zero-order valence-electron chi connectivity index (χ0n) is 11.9. The number of hydrogen-bond donors (Lipinski definition) is 0. The molecule has 3 rings (SSSR count). The van der Waals surface area contributed by atoms with Crippen molar-refractivity contribution in [2.45, 2.75) is 38.4 Å². The van der Waals surface area contributed by atoms with Gasteiger partial charge in [0.05, 0.1) is 12.1 Å². The molecule has 0 radical (unpaired) electrons. The lowest BCUT2D eigenvalue weighted by atomic mass is 10.0. The van der Waals surface area contributed by atoms with Crippen molar-refractivity contribution in [1.82, 2.24) is 4.90 Å². The minimum absolute atomic E-state index is 0.195. The van der Waals surface area contributed by atoms with Crippen molar-refractivity contribution < 1.29 is 0 Å². The Morgan fingerprint density at radius 3 is 1.37 bits per heavy atom. The van der Waals surface area contributed by atoms with Crippen LogP contribution in [-0.4, -0.2) is 10.4 Å². The predicted octanol–water partition coefficient (Wildman–Crippen LogP) is 4.58. The third-order valence-electron chi connectivity index (χ3n) is 3.87. The van der Waals surface area contributed by atoms with Gasteiger partial charge in [-0.2, -0.15) is 0 Å². The first-order chi connectivity index (χ1) is 9.09. The summed E-state index contributed by atoms with van der Waals surface area (Å²) >= 11 is 0. The van der Waals surface area contributed by atoms with E-state index in [1.165, 1.54) is 11.1 Å². The van der Waals surface area contributed by atoms with E-state index in [1.807, 2.05) is 0 Å². The summed E-state index contributed by atoms with van der Waals surface area (Å²) in [5.74, 6) is 0. The minimum atomic E-state index is 0.195. The van der Waals surface area contributed by atoms with Gasteiger partial charge in [0.1, 0.15) is 0 Å². The van der Waals surface area contributed by atoms with E-state index >= 15 is 0 Å². The topological polar surface area (TPSA) is 3.01 Å². The Hall–Kier alpha value is -1.60. The van der Waals surface area contributed by atoms with Crippen molar-refractivity contribution in [2.75, 3.05) is 0 Å². The van der Waals surface area contributed by atoms with Gasteiger partial charge < -0.3 is 0 Å². The first-order valence-corrected chi connectivity index (χ1v) is 6.97. The normalized spacial score (nSPS) is 26.2. The number of benzene rings is 2. The number of hydrogen-bond acceptors (Lipinski definition) is 1. The summed E-state index contributed by atoms with van der Waals surface area (Å²) in [6.45, 7) is 6.89. The highest BCUT2D eigenvalue weighted by Gasteiger charge is 2.54. The Morgan fingerprint density at radius 2 is 1.05 bits per heavy atom. The maximum absolute atomic E-state index is 2.59. The van der Waals surface area contributed by atoms with Gasteiger partial charge in [0.2, 0.25) is 0 Å².